The van der Waals surface area contributed by atoms with Crippen molar-refractivity contribution < 1.29 is 4.74 Å². The molecule has 0 aliphatic rings. The molecule has 0 saturated carbocycles. The summed E-state index contributed by atoms with van der Waals surface area (Å²) in [5, 5.41) is 1.37. The second kappa shape index (κ2) is 7.58. The van der Waals surface area contributed by atoms with Gasteiger partial charge in [-0.05, 0) is 37.3 Å². The van der Waals surface area contributed by atoms with E-state index in [4.69, 9.17) is 45.3 Å². The number of nitrogens with two attached hydrogens (primary N) is 1. The van der Waals surface area contributed by atoms with Crippen LogP contribution in [0.5, 0.6) is 5.75 Å². The minimum Gasteiger partial charge on any atom is -0.492 e. The van der Waals surface area contributed by atoms with Gasteiger partial charge in [-0.1, -0.05) is 48.7 Å². The molecule has 0 amide bonds. The molecule has 2 N–H and O–H groups in total. The molecule has 0 aromatic heterocycles. The maximum absolute atomic E-state index is 6.02. The molecule has 0 aliphatic heterocycles. The molecule has 1 rings (SSSR count). The first-order valence-corrected chi connectivity index (χ1v) is 7.46. The first-order chi connectivity index (χ1) is 8.85. The van der Waals surface area contributed by atoms with Gasteiger partial charge in [0.1, 0.15) is 5.75 Å². The van der Waals surface area contributed by atoms with Crippen LogP contribution in [0.4, 0.5) is 0 Å². The fourth-order valence-corrected chi connectivity index (χ4v) is 2.20. The smallest absolute Gasteiger partial charge is 0.139 e. The Kier molecular flexibility index (Phi) is 6.75. The average Bonchev–Trinajstić information content (AvgIpc) is 2.35. The topological polar surface area (TPSA) is 35.2 Å². The highest BCUT2D eigenvalue weighted by Crippen LogP contribution is 2.34. The molecule has 0 spiro atoms. The molecule has 1 aromatic carbocycles. The van der Waals surface area contributed by atoms with Crippen LogP contribution in [0.15, 0.2) is 12.1 Å². The Morgan fingerprint density at radius 3 is 2.32 bits per heavy atom. The van der Waals surface area contributed by atoms with Crippen LogP contribution in [0.25, 0.3) is 0 Å². The van der Waals surface area contributed by atoms with E-state index in [0.717, 1.165) is 19.3 Å². The van der Waals surface area contributed by atoms with Crippen LogP contribution >= 0.6 is 34.8 Å². The van der Waals surface area contributed by atoms with Crippen molar-refractivity contribution in [2.45, 2.75) is 33.1 Å². The number of benzene rings is 1. The molecule has 0 bridgehead atoms. The highest BCUT2D eigenvalue weighted by atomic mass is 35.5. The Labute approximate surface area is 130 Å². The lowest BCUT2D eigenvalue weighted by molar-refractivity contribution is 0.279. The Hall–Kier alpha value is -0.150. The minimum atomic E-state index is 0.196. The van der Waals surface area contributed by atoms with Crippen molar-refractivity contribution in [1.29, 1.82) is 0 Å². The molecule has 0 heterocycles. The van der Waals surface area contributed by atoms with Gasteiger partial charge in [0.2, 0.25) is 0 Å². The predicted molar refractivity (Wildman–Crippen MR) is 83.7 cm³/mol. The van der Waals surface area contributed by atoms with Crippen molar-refractivity contribution in [3.05, 3.63) is 27.2 Å². The lowest BCUT2D eigenvalue weighted by Crippen LogP contribution is -2.23. The van der Waals surface area contributed by atoms with Crippen molar-refractivity contribution in [2.24, 2.45) is 11.1 Å². The maximum Gasteiger partial charge on any atom is 0.139 e. The number of rotatable bonds is 7. The first kappa shape index (κ1) is 16.9. The molecule has 0 atom stereocenters. The summed E-state index contributed by atoms with van der Waals surface area (Å²) < 4.78 is 5.61. The van der Waals surface area contributed by atoms with Crippen molar-refractivity contribution in [2.75, 3.05) is 13.2 Å². The van der Waals surface area contributed by atoms with Gasteiger partial charge in [0.25, 0.3) is 0 Å². The summed E-state index contributed by atoms with van der Waals surface area (Å²) >= 11 is 17.8. The molecule has 0 aliphatic carbocycles. The van der Waals surface area contributed by atoms with Crippen LogP contribution in [0.2, 0.25) is 15.1 Å². The zero-order valence-electron chi connectivity index (χ0n) is 11.3. The molecule has 0 saturated heterocycles. The summed E-state index contributed by atoms with van der Waals surface area (Å²) in [6, 6.07) is 3.24. The van der Waals surface area contributed by atoms with E-state index in [2.05, 4.69) is 13.8 Å². The maximum atomic E-state index is 6.02. The molecule has 19 heavy (non-hydrogen) atoms. The Morgan fingerprint density at radius 2 is 1.68 bits per heavy atom. The standard InChI is InChI=1S/C14H20Cl3NO/c1-14(2,9-18)5-3-4-6-19-13-8-11(16)10(15)7-12(13)17/h7-8H,3-6,9,18H2,1-2H3. The van der Waals surface area contributed by atoms with Gasteiger partial charge in [0.05, 0.1) is 21.7 Å². The third-order valence-corrected chi connectivity index (χ3v) is 4.05. The third-order valence-electron chi connectivity index (χ3n) is 3.03. The van der Waals surface area contributed by atoms with Gasteiger partial charge in [0, 0.05) is 6.07 Å². The van der Waals surface area contributed by atoms with E-state index in [1.165, 1.54) is 0 Å². The highest BCUT2D eigenvalue weighted by molar-refractivity contribution is 6.43. The quantitative estimate of drug-likeness (QED) is 0.554. The molecular weight excluding hydrogens is 305 g/mol. The van der Waals surface area contributed by atoms with E-state index in [0.29, 0.717) is 34.0 Å². The number of halogens is 3. The van der Waals surface area contributed by atoms with Gasteiger partial charge in [-0.3, -0.25) is 0 Å². The second-order valence-corrected chi connectivity index (χ2v) is 6.59. The summed E-state index contributed by atoms with van der Waals surface area (Å²) in [4.78, 5) is 0. The van der Waals surface area contributed by atoms with Crippen molar-refractivity contribution >= 4 is 34.8 Å². The highest BCUT2D eigenvalue weighted by Gasteiger charge is 2.14. The van der Waals surface area contributed by atoms with E-state index in [-0.39, 0.29) is 5.41 Å². The van der Waals surface area contributed by atoms with Crippen molar-refractivity contribution in [3.8, 4) is 5.75 Å². The van der Waals surface area contributed by atoms with Gasteiger partial charge in [0.15, 0.2) is 0 Å². The molecule has 108 valence electrons. The van der Waals surface area contributed by atoms with E-state index >= 15 is 0 Å². The van der Waals surface area contributed by atoms with Gasteiger partial charge in [-0.15, -0.1) is 0 Å². The molecule has 5 heteroatoms. The summed E-state index contributed by atoms with van der Waals surface area (Å²) in [7, 11) is 0. The summed E-state index contributed by atoms with van der Waals surface area (Å²) in [6.07, 6.45) is 3.12. The zero-order valence-corrected chi connectivity index (χ0v) is 13.6. The van der Waals surface area contributed by atoms with Gasteiger partial charge in [-0.25, -0.2) is 0 Å². The molecule has 2 nitrogen and oxygen atoms in total. The van der Waals surface area contributed by atoms with Crippen LogP contribution in [0, 0.1) is 5.41 Å². The summed E-state index contributed by atoms with van der Waals surface area (Å²) in [5.74, 6) is 0.578. The number of hydrogen-bond acceptors (Lipinski definition) is 2. The Balaban J connectivity index is 2.36. The predicted octanol–water partition coefficient (Wildman–Crippen LogP) is 5.18. The van der Waals surface area contributed by atoms with Gasteiger partial charge < -0.3 is 10.5 Å². The van der Waals surface area contributed by atoms with Crippen LogP contribution < -0.4 is 10.5 Å². The number of hydrogen-bond donors (Lipinski definition) is 1. The minimum absolute atomic E-state index is 0.196. The van der Waals surface area contributed by atoms with Gasteiger partial charge >= 0.3 is 0 Å². The number of ether oxygens (including phenoxy) is 1. The third kappa shape index (κ3) is 5.78. The molecule has 0 radical (unpaired) electrons. The van der Waals surface area contributed by atoms with E-state index in [9.17, 15) is 0 Å². The van der Waals surface area contributed by atoms with E-state index < -0.39 is 0 Å². The lowest BCUT2D eigenvalue weighted by atomic mass is 9.87. The second-order valence-electron chi connectivity index (χ2n) is 5.37. The lowest BCUT2D eigenvalue weighted by Gasteiger charge is -2.21. The largest absolute Gasteiger partial charge is 0.492 e. The summed E-state index contributed by atoms with van der Waals surface area (Å²) in [6.45, 7) is 5.65. The molecule has 0 unspecified atom stereocenters. The van der Waals surface area contributed by atoms with Crippen LogP contribution in [-0.2, 0) is 0 Å². The fourth-order valence-electron chi connectivity index (χ4n) is 1.60. The van der Waals surface area contributed by atoms with Crippen LogP contribution in [0.1, 0.15) is 33.1 Å². The van der Waals surface area contributed by atoms with Gasteiger partial charge in [-0.2, -0.15) is 0 Å². The fraction of sp³-hybridized carbons (Fsp3) is 0.571. The SMILES string of the molecule is CC(C)(CN)CCCCOc1cc(Cl)c(Cl)cc1Cl. The van der Waals surface area contributed by atoms with Crippen molar-refractivity contribution in [3.63, 3.8) is 0 Å². The monoisotopic (exact) mass is 323 g/mol. The van der Waals surface area contributed by atoms with E-state index in [1.807, 2.05) is 0 Å². The van der Waals surface area contributed by atoms with E-state index in [1.54, 1.807) is 12.1 Å². The Morgan fingerprint density at radius 1 is 1.05 bits per heavy atom. The molecular formula is C14H20Cl3NO. The normalized spacial score (nSPS) is 11.7. The molecule has 0 fully saturated rings. The van der Waals surface area contributed by atoms with Crippen LogP contribution in [0.3, 0.4) is 0 Å². The first-order valence-electron chi connectivity index (χ1n) is 6.33. The summed E-state index contributed by atoms with van der Waals surface area (Å²) in [5.41, 5.74) is 5.88. The Bertz CT molecular complexity index is 421. The van der Waals surface area contributed by atoms with Crippen molar-refractivity contribution in [1.82, 2.24) is 0 Å². The molecule has 1 aromatic rings. The van der Waals surface area contributed by atoms with Crippen LogP contribution in [-0.4, -0.2) is 13.2 Å². The number of unbranched alkanes of at least 4 members (excludes halogenated alkanes) is 1. The average molecular weight is 325 g/mol. The zero-order chi connectivity index (χ0) is 14.5.